The van der Waals surface area contributed by atoms with Gasteiger partial charge in [0.2, 0.25) is 11.8 Å². The molecule has 0 N–H and O–H groups in total. The Kier molecular flexibility index (Phi) is 3.80. The van der Waals surface area contributed by atoms with E-state index >= 15 is 0 Å². The minimum absolute atomic E-state index is 0.0523. The maximum Gasteiger partial charge on any atom is 0.245 e. The maximum absolute atomic E-state index is 12.3. The molecule has 0 aliphatic carbocycles. The summed E-state index contributed by atoms with van der Waals surface area (Å²) in [5, 5.41) is 3.53. The van der Waals surface area contributed by atoms with Gasteiger partial charge in [-0.1, -0.05) is 0 Å². The third-order valence-corrected chi connectivity index (χ3v) is 3.70. The van der Waals surface area contributed by atoms with Crippen molar-refractivity contribution in [3.8, 4) is 5.88 Å². The van der Waals surface area contributed by atoms with Crippen LogP contribution in [0.15, 0.2) is 0 Å². The normalized spacial score (nSPS) is 17.0. The number of hydrogen-bond donors (Lipinski definition) is 0. The van der Waals surface area contributed by atoms with Gasteiger partial charge >= 0.3 is 0 Å². The summed E-state index contributed by atoms with van der Waals surface area (Å²) in [7, 11) is 3.34. The van der Waals surface area contributed by atoms with Crippen molar-refractivity contribution in [3.63, 3.8) is 0 Å². The highest BCUT2D eigenvalue weighted by Gasteiger charge is 2.31. The number of carbonyl (C=O) groups is 1. The van der Waals surface area contributed by atoms with Crippen molar-refractivity contribution in [2.45, 2.75) is 25.1 Å². The summed E-state index contributed by atoms with van der Waals surface area (Å²) >= 11 is 6.31. The predicted octanol–water partition coefficient (Wildman–Crippen LogP) is 1.64. The molecule has 1 unspecified atom stereocenters. The average molecular weight is 272 g/mol. The van der Waals surface area contributed by atoms with E-state index in [1.807, 2.05) is 11.8 Å². The zero-order valence-corrected chi connectivity index (χ0v) is 11.7. The Hall–Kier alpha value is -1.23. The van der Waals surface area contributed by atoms with Crippen LogP contribution in [0.2, 0.25) is 0 Å². The van der Waals surface area contributed by atoms with Crippen molar-refractivity contribution in [3.05, 3.63) is 11.3 Å². The van der Waals surface area contributed by atoms with E-state index < -0.39 is 5.38 Å². The van der Waals surface area contributed by atoms with Crippen molar-refractivity contribution < 1.29 is 9.53 Å². The molecule has 0 bridgehead atoms. The van der Waals surface area contributed by atoms with Crippen molar-refractivity contribution in [2.24, 2.45) is 7.05 Å². The summed E-state index contributed by atoms with van der Waals surface area (Å²) in [6, 6.07) is 0. The number of aromatic nitrogens is 2. The standard InChI is InChI=1S/C12H18ClN3O2/c1-8-9(12(18-3)15(2)14-8)10(13)11(17)16-6-4-5-7-16/h10H,4-7H2,1-3H3. The number of carbonyl (C=O) groups excluding carboxylic acids is 1. The van der Waals surface area contributed by atoms with Crippen LogP contribution in [0.1, 0.15) is 29.5 Å². The number of ether oxygens (including phenoxy) is 1. The summed E-state index contributed by atoms with van der Waals surface area (Å²) < 4.78 is 6.88. The minimum atomic E-state index is -0.716. The Bertz CT molecular complexity index is 452. The van der Waals surface area contributed by atoms with Gasteiger partial charge in [0, 0.05) is 20.1 Å². The van der Waals surface area contributed by atoms with Gasteiger partial charge in [0.15, 0.2) is 0 Å². The molecule has 6 heteroatoms. The zero-order chi connectivity index (χ0) is 13.3. The highest BCUT2D eigenvalue weighted by Crippen LogP contribution is 2.34. The Morgan fingerprint density at radius 2 is 2.06 bits per heavy atom. The van der Waals surface area contributed by atoms with Gasteiger partial charge in [-0.3, -0.25) is 4.79 Å². The zero-order valence-electron chi connectivity index (χ0n) is 10.9. The average Bonchev–Trinajstić information content (AvgIpc) is 2.94. The van der Waals surface area contributed by atoms with Crippen LogP contribution in [-0.4, -0.2) is 40.8 Å². The molecule has 1 aliphatic rings. The van der Waals surface area contributed by atoms with Crippen LogP contribution in [-0.2, 0) is 11.8 Å². The van der Waals surface area contributed by atoms with Crippen LogP contribution in [0, 0.1) is 6.92 Å². The Morgan fingerprint density at radius 3 is 2.61 bits per heavy atom. The second kappa shape index (κ2) is 5.18. The summed E-state index contributed by atoms with van der Waals surface area (Å²) in [6.45, 7) is 3.43. The molecule has 2 heterocycles. The quantitative estimate of drug-likeness (QED) is 0.785. The summed E-state index contributed by atoms with van der Waals surface area (Å²) in [5.74, 6) is 0.503. The second-order valence-corrected chi connectivity index (χ2v) is 4.96. The van der Waals surface area contributed by atoms with Gasteiger partial charge in [0.1, 0.15) is 5.38 Å². The van der Waals surface area contributed by atoms with Gasteiger partial charge in [0.25, 0.3) is 0 Å². The fraction of sp³-hybridized carbons (Fsp3) is 0.667. The SMILES string of the molecule is COc1c(C(Cl)C(=O)N2CCCC2)c(C)nn1C. The van der Waals surface area contributed by atoms with E-state index in [1.54, 1.807) is 18.8 Å². The topological polar surface area (TPSA) is 47.4 Å². The van der Waals surface area contributed by atoms with Crippen LogP contribution in [0.4, 0.5) is 0 Å². The molecule has 2 rings (SSSR count). The number of nitrogens with zero attached hydrogens (tertiary/aromatic N) is 3. The van der Waals surface area contributed by atoms with Crippen molar-refractivity contribution >= 4 is 17.5 Å². The molecule has 1 saturated heterocycles. The number of methoxy groups -OCH3 is 1. The third-order valence-electron chi connectivity index (χ3n) is 3.30. The molecule has 5 nitrogen and oxygen atoms in total. The van der Waals surface area contributed by atoms with Crippen molar-refractivity contribution in [1.29, 1.82) is 0 Å². The molecule has 1 fully saturated rings. The minimum Gasteiger partial charge on any atom is -0.481 e. The van der Waals surface area contributed by atoms with E-state index in [0.29, 0.717) is 11.4 Å². The number of rotatable bonds is 3. The number of aryl methyl sites for hydroxylation is 2. The summed E-state index contributed by atoms with van der Waals surface area (Å²) in [6.07, 6.45) is 2.11. The van der Waals surface area contributed by atoms with Crippen LogP contribution in [0.5, 0.6) is 5.88 Å². The lowest BCUT2D eigenvalue weighted by atomic mass is 10.1. The number of likely N-dealkylation sites (tertiary alicyclic amines) is 1. The van der Waals surface area contributed by atoms with E-state index in [4.69, 9.17) is 16.3 Å². The smallest absolute Gasteiger partial charge is 0.245 e. The first kappa shape index (κ1) is 13.2. The largest absolute Gasteiger partial charge is 0.481 e. The Labute approximate surface area is 112 Å². The lowest BCUT2D eigenvalue weighted by molar-refractivity contribution is -0.129. The number of hydrogen-bond acceptors (Lipinski definition) is 3. The van der Waals surface area contributed by atoms with E-state index in [2.05, 4.69) is 5.10 Å². The van der Waals surface area contributed by atoms with Gasteiger partial charge in [0.05, 0.1) is 18.4 Å². The molecule has 100 valence electrons. The fourth-order valence-corrected chi connectivity index (χ4v) is 2.80. The summed E-state index contributed by atoms with van der Waals surface area (Å²) in [4.78, 5) is 14.1. The molecule has 1 aromatic rings. The van der Waals surface area contributed by atoms with Crippen LogP contribution in [0.3, 0.4) is 0 Å². The van der Waals surface area contributed by atoms with Gasteiger partial charge in [-0.05, 0) is 19.8 Å². The van der Waals surface area contributed by atoms with Crippen LogP contribution >= 0.6 is 11.6 Å². The van der Waals surface area contributed by atoms with Gasteiger partial charge in [-0.2, -0.15) is 5.10 Å². The lowest BCUT2D eigenvalue weighted by Gasteiger charge is -2.19. The molecule has 0 aromatic carbocycles. The molecule has 1 amide bonds. The fourth-order valence-electron chi connectivity index (χ4n) is 2.41. The first-order valence-corrected chi connectivity index (χ1v) is 6.50. The lowest BCUT2D eigenvalue weighted by Crippen LogP contribution is -2.30. The highest BCUT2D eigenvalue weighted by molar-refractivity contribution is 6.31. The van der Waals surface area contributed by atoms with Gasteiger partial charge in [-0.15, -0.1) is 11.6 Å². The highest BCUT2D eigenvalue weighted by atomic mass is 35.5. The van der Waals surface area contributed by atoms with Crippen molar-refractivity contribution in [2.75, 3.05) is 20.2 Å². The molecule has 1 atom stereocenters. The molecule has 0 radical (unpaired) electrons. The van der Waals surface area contributed by atoms with E-state index in [1.165, 1.54) is 0 Å². The Balaban J connectivity index is 2.27. The molecular weight excluding hydrogens is 254 g/mol. The first-order chi connectivity index (χ1) is 8.56. The predicted molar refractivity (Wildman–Crippen MR) is 68.9 cm³/mol. The van der Waals surface area contributed by atoms with Gasteiger partial charge in [-0.25, -0.2) is 4.68 Å². The molecule has 0 spiro atoms. The van der Waals surface area contributed by atoms with E-state index in [0.717, 1.165) is 31.6 Å². The molecular formula is C12H18ClN3O2. The van der Waals surface area contributed by atoms with Crippen LogP contribution < -0.4 is 4.74 Å². The second-order valence-electron chi connectivity index (χ2n) is 4.53. The molecule has 0 saturated carbocycles. The van der Waals surface area contributed by atoms with Gasteiger partial charge < -0.3 is 9.64 Å². The number of amides is 1. The first-order valence-electron chi connectivity index (χ1n) is 6.06. The summed E-state index contributed by atoms with van der Waals surface area (Å²) in [5.41, 5.74) is 1.42. The third kappa shape index (κ3) is 2.19. The van der Waals surface area contributed by atoms with Crippen LogP contribution in [0.25, 0.3) is 0 Å². The number of alkyl halides is 1. The van der Waals surface area contributed by atoms with E-state index in [-0.39, 0.29) is 5.91 Å². The van der Waals surface area contributed by atoms with Crippen molar-refractivity contribution in [1.82, 2.24) is 14.7 Å². The Morgan fingerprint density at radius 1 is 1.44 bits per heavy atom. The molecule has 1 aliphatic heterocycles. The molecule has 18 heavy (non-hydrogen) atoms. The molecule has 1 aromatic heterocycles. The monoisotopic (exact) mass is 271 g/mol. The van der Waals surface area contributed by atoms with E-state index in [9.17, 15) is 4.79 Å². The number of halogens is 1. The maximum atomic E-state index is 12.3.